The number of esters is 1. The fourth-order valence-corrected chi connectivity index (χ4v) is 1.62. The summed E-state index contributed by atoms with van der Waals surface area (Å²) < 4.78 is 4.80. The number of carbonyl (C=O) groups is 1. The van der Waals surface area contributed by atoms with Gasteiger partial charge in [0.2, 0.25) is 5.75 Å². The molecule has 2 aromatic rings. The number of para-hydroxylation sites is 1. The number of benzene rings is 1. The van der Waals surface area contributed by atoms with E-state index in [1.807, 2.05) is 0 Å². The van der Waals surface area contributed by atoms with E-state index in [0.717, 1.165) is 6.92 Å². The van der Waals surface area contributed by atoms with Crippen molar-refractivity contribution < 1.29 is 14.5 Å². The summed E-state index contributed by atoms with van der Waals surface area (Å²) in [6, 6.07) is 6.36. The molecule has 0 amide bonds. The maximum Gasteiger partial charge on any atom is 0.376 e. The second-order valence-electron chi connectivity index (χ2n) is 3.53. The van der Waals surface area contributed by atoms with Crippen molar-refractivity contribution in [2.45, 2.75) is 6.92 Å². The molecule has 18 heavy (non-hydrogen) atoms. The van der Waals surface area contributed by atoms with Gasteiger partial charge in [0.1, 0.15) is 0 Å². The van der Waals surface area contributed by atoms with Crippen molar-refractivity contribution in [2.24, 2.45) is 0 Å². The topological polar surface area (TPSA) is 102 Å². The van der Waals surface area contributed by atoms with Crippen LogP contribution in [0.1, 0.15) is 6.92 Å². The summed E-state index contributed by atoms with van der Waals surface area (Å²) >= 11 is 0. The highest BCUT2D eigenvalue weighted by Crippen LogP contribution is 2.30. The molecular formula is C11H8N2O5. The Hall–Kier alpha value is -2.70. The normalized spacial score (nSPS) is 10.3. The molecule has 0 atom stereocenters. The van der Waals surface area contributed by atoms with Gasteiger partial charge in [0.15, 0.2) is 0 Å². The molecule has 0 spiro atoms. The van der Waals surface area contributed by atoms with Crippen molar-refractivity contribution in [1.82, 2.24) is 4.98 Å². The van der Waals surface area contributed by atoms with Gasteiger partial charge in [0.25, 0.3) is 0 Å². The highest BCUT2D eigenvalue weighted by Gasteiger charge is 2.25. The van der Waals surface area contributed by atoms with Gasteiger partial charge >= 0.3 is 17.2 Å². The van der Waals surface area contributed by atoms with Gasteiger partial charge in [0, 0.05) is 12.3 Å². The van der Waals surface area contributed by atoms with Gasteiger partial charge < -0.3 is 9.72 Å². The van der Waals surface area contributed by atoms with Crippen LogP contribution in [0.3, 0.4) is 0 Å². The van der Waals surface area contributed by atoms with Crippen LogP contribution in [0.4, 0.5) is 5.69 Å². The molecule has 0 bridgehead atoms. The average molecular weight is 248 g/mol. The van der Waals surface area contributed by atoms with Gasteiger partial charge in [-0.1, -0.05) is 12.1 Å². The number of ether oxygens (including phenoxy) is 1. The first-order valence-corrected chi connectivity index (χ1v) is 4.98. The van der Waals surface area contributed by atoms with E-state index in [-0.39, 0.29) is 5.75 Å². The SMILES string of the molecule is CC(=O)Oc1c([N+](=O)[O-])c(=O)[nH]c2ccccc12. The lowest BCUT2D eigenvalue weighted by molar-refractivity contribution is -0.387. The molecule has 7 nitrogen and oxygen atoms in total. The third-order valence-corrected chi connectivity index (χ3v) is 2.28. The Kier molecular flexibility index (Phi) is 2.80. The van der Waals surface area contributed by atoms with Gasteiger partial charge in [-0.15, -0.1) is 0 Å². The number of nitrogens with zero attached hydrogens (tertiary/aromatic N) is 1. The summed E-state index contributed by atoms with van der Waals surface area (Å²) in [6.07, 6.45) is 0. The Bertz CT molecular complexity index is 704. The number of rotatable bonds is 2. The van der Waals surface area contributed by atoms with Crippen LogP contribution >= 0.6 is 0 Å². The van der Waals surface area contributed by atoms with E-state index >= 15 is 0 Å². The fourth-order valence-electron chi connectivity index (χ4n) is 1.62. The van der Waals surface area contributed by atoms with Crippen LogP contribution in [0.25, 0.3) is 10.9 Å². The molecule has 0 aliphatic heterocycles. The number of aromatic nitrogens is 1. The highest BCUT2D eigenvalue weighted by molar-refractivity contribution is 5.90. The van der Waals surface area contributed by atoms with E-state index in [2.05, 4.69) is 4.98 Å². The molecular weight excluding hydrogens is 240 g/mol. The number of fused-ring (bicyclic) bond motifs is 1. The summed E-state index contributed by atoms with van der Waals surface area (Å²) in [7, 11) is 0. The van der Waals surface area contributed by atoms with Crippen molar-refractivity contribution in [2.75, 3.05) is 0 Å². The van der Waals surface area contributed by atoms with Crippen LogP contribution in [-0.4, -0.2) is 15.9 Å². The molecule has 0 aliphatic carbocycles. The van der Waals surface area contributed by atoms with Crippen molar-refractivity contribution >= 4 is 22.6 Å². The molecule has 2 rings (SSSR count). The number of nitrogens with one attached hydrogen (secondary N) is 1. The number of nitro groups is 1. The molecule has 1 aromatic carbocycles. The smallest absolute Gasteiger partial charge is 0.376 e. The first-order chi connectivity index (χ1) is 8.50. The number of hydrogen-bond donors (Lipinski definition) is 1. The highest BCUT2D eigenvalue weighted by atomic mass is 16.6. The average Bonchev–Trinajstić information content (AvgIpc) is 2.27. The van der Waals surface area contributed by atoms with Gasteiger partial charge in [-0.2, -0.15) is 0 Å². The molecule has 0 radical (unpaired) electrons. The molecule has 92 valence electrons. The molecule has 0 saturated heterocycles. The third kappa shape index (κ3) is 1.93. The van der Waals surface area contributed by atoms with Crippen molar-refractivity contribution in [3.05, 3.63) is 44.7 Å². The molecule has 0 unspecified atom stereocenters. The Morgan fingerprint density at radius 2 is 2.06 bits per heavy atom. The summed E-state index contributed by atoms with van der Waals surface area (Å²) in [6.45, 7) is 1.11. The van der Waals surface area contributed by atoms with Gasteiger partial charge in [-0.3, -0.25) is 19.7 Å². The Labute approximate surface area is 100 Å². The van der Waals surface area contributed by atoms with Gasteiger partial charge in [-0.05, 0) is 12.1 Å². The number of pyridine rings is 1. The van der Waals surface area contributed by atoms with Crippen LogP contribution in [-0.2, 0) is 4.79 Å². The van der Waals surface area contributed by atoms with Crippen molar-refractivity contribution in [3.8, 4) is 5.75 Å². The molecule has 0 fully saturated rings. The van der Waals surface area contributed by atoms with Crippen LogP contribution in [0.5, 0.6) is 5.75 Å². The van der Waals surface area contributed by atoms with E-state index in [0.29, 0.717) is 10.9 Å². The molecule has 7 heteroatoms. The Morgan fingerprint density at radius 1 is 1.39 bits per heavy atom. The minimum Gasteiger partial charge on any atom is -0.418 e. The lowest BCUT2D eigenvalue weighted by Crippen LogP contribution is -2.15. The summed E-state index contributed by atoms with van der Waals surface area (Å²) in [5.74, 6) is -1.05. The van der Waals surface area contributed by atoms with E-state index < -0.39 is 22.1 Å². The summed E-state index contributed by atoms with van der Waals surface area (Å²) in [5, 5.41) is 11.2. The molecule has 1 N–H and O–H groups in total. The summed E-state index contributed by atoms with van der Waals surface area (Å²) in [4.78, 5) is 34.9. The maximum atomic E-state index is 11.6. The molecule has 0 saturated carbocycles. The van der Waals surface area contributed by atoms with Crippen molar-refractivity contribution in [3.63, 3.8) is 0 Å². The van der Waals surface area contributed by atoms with Gasteiger partial charge in [-0.25, -0.2) is 0 Å². The third-order valence-electron chi connectivity index (χ3n) is 2.28. The standard InChI is InChI=1S/C11H8N2O5/c1-6(14)18-10-7-4-2-3-5-8(7)12-11(15)9(10)13(16)17/h2-5H,1H3,(H,12,15). The van der Waals surface area contributed by atoms with Gasteiger partial charge in [0.05, 0.1) is 10.4 Å². The van der Waals surface area contributed by atoms with E-state index in [1.165, 1.54) is 6.07 Å². The zero-order valence-electron chi connectivity index (χ0n) is 9.30. The largest absolute Gasteiger partial charge is 0.418 e. The van der Waals surface area contributed by atoms with E-state index in [1.54, 1.807) is 18.2 Å². The summed E-state index contributed by atoms with van der Waals surface area (Å²) in [5.41, 5.74) is -1.32. The quantitative estimate of drug-likeness (QED) is 0.491. The minimum absolute atomic E-state index is 0.305. The van der Waals surface area contributed by atoms with Crippen LogP contribution < -0.4 is 10.3 Å². The zero-order chi connectivity index (χ0) is 13.3. The molecule has 1 heterocycles. The predicted molar refractivity (Wildman–Crippen MR) is 62.5 cm³/mol. The van der Waals surface area contributed by atoms with Crippen LogP contribution in [0.15, 0.2) is 29.1 Å². The monoisotopic (exact) mass is 248 g/mol. The van der Waals surface area contributed by atoms with Crippen LogP contribution in [0.2, 0.25) is 0 Å². The predicted octanol–water partition coefficient (Wildman–Crippen LogP) is 1.36. The van der Waals surface area contributed by atoms with E-state index in [9.17, 15) is 19.7 Å². The maximum absolute atomic E-state index is 11.6. The Balaban J connectivity index is 2.89. The minimum atomic E-state index is -0.907. The number of hydrogen-bond acceptors (Lipinski definition) is 5. The lowest BCUT2D eigenvalue weighted by Gasteiger charge is -2.05. The first-order valence-electron chi connectivity index (χ1n) is 4.98. The number of carbonyl (C=O) groups excluding carboxylic acids is 1. The molecule has 0 aliphatic rings. The Morgan fingerprint density at radius 3 is 2.67 bits per heavy atom. The second kappa shape index (κ2) is 4.28. The number of H-pyrrole nitrogens is 1. The second-order valence-corrected chi connectivity index (χ2v) is 3.53. The molecule has 1 aromatic heterocycles. The number of aromatic amines is 1. The van der Waals surface area contributed by atoms with E-state index in [4.69, 9.17) is 4.74 Å². The first kappa shape index (κ1) is 11.8. The lowest BCUT2D eigenvalue weighted by atomic mass is 10.2. The van der Waals surface area contributed by atoms with Crippen LogP contribution in [0, 0.1) is 10.1 Å². The van der Waals surface area contributed by atoms with Crippen molar-refractivity contribution in [1.29, 1.82) is 0 Å². The fraction of sp³-hybridized carbons (Fsp3) is 0.0909. The zero-order valence-corrected chi connectivity index (χ0v) is 9.30.